The zero-order valence-corrected chi connectivity index (χ0v) is 37.0. The minimum absolute atomic E-state index is 0.705. The summed E-state index contributed by atoms with van der Waals surface area (Å²) < 4.78 is 0. The Hall–Kier alpha value is -6.96. The van der Waals surface area contributed by atoms with Crippen LogP contribution in [0, 0.1) is 0 Å². The Labute approximate surface area is 384 Å². The molecular weight excluding hydrogens is 783 g/mol. The van der Waals surface area contributed by atoms with E-state index in [4.69, 9.17) is 0 Å². The van der Waals surface area contributed by atoms with Crippen molar-refractivity contribution >= 4 is 27.8 Å². The smallest absolute Gasteiger partial charge is 0.0468 e. The van der Waals surface area contributed by atoms with Crippen molar-refractivity contribution in [1.29, 1.82) is 0 Å². The lowest BCUT2D eigenvalue weighted by atomic mass is 9.59. The van der Waals surface area contributed by atoms with Crippen molar-refractivity contribution in [1.82, 2.24) is 0 Å². The van der Waals surface area contributed by atoms with Gasteiger partial charge in [-0.3, -0.25) is 0 Å². The molecule has 2 fully saturated rings. The molecule has 1 heteroatoms. The minimum Gasteiger partial charge on any atom is -0.310 e. The van der Waals surface area contributed by atoms with Gasteiger partial charge in [-0.15, -0.1) is 0 Å². The van der Waals surface area contributed by atoms with Crippen LogP contribution in [0.5, 0.6) is 0 Å². The Bertz CT molecular complexity index is 3150. The number of hydrogen-bond donors (Lipinski definition) is 0. The third-order valence-corrected chi connectivity index (χ3v) is 15.9. The Morgan fingerprint density at radius 1 is 0.277 bits per heavy atom. The van der Waals surface area contributed by atoms with Crippen molar-refractivity contribution in [3.8, 4) is 55.6 Å². The lowest BCUT2D eigenvalue weighted by Crippen LogP contribution is -2.28. The Balaban J connectivity index is 0.955. The molecule has 0 spiro atoms. The fraction of sp³-hybridized carbons (Fsp3) is 0.188. The van der Waals surface area contributed by atoms with Crippen LogP contribution in [0.15, 0.2) is 200 Å². The highest BCUT2D eigenvalue weighted by molar-refractivity contribution is 5.92. The fourth-order valence-electron chi connectivity index (χ4n) is 12.7. The summed E-state index contributed by atoms with van der Waals surface area (Å²) in [6.07, 6.45) is 10.9. The third-order valence-electron chi connectivity index (χ3n) is 15.9. The van der Waals surface area contributed by atoms with Crippen LogP contribution in [0.3, 0.4) is 0 Å². The molecule has 0 unspecified atom stereocenters. The molecule has 4 bridgehead atoms. The maximum absolute atomic E-state index is 2.74. The van der Waals surface area contributed by atoms with Gasteiger partial charge in [0.15, 0.2) is 0 Å². The van der Waals surface area contributed by atoms with E-state index in [0.29, 0.717) is 11.8 Å². The number of fused-ring (bicyclic) bond motifs is 5. The van der Waals surface area contributed by atoms with Crippen molar-refractivity contribution < 1.29 is 0 Å². The van der Waals surface area contributed by atoms with Crippen LogP contribution < -0.4 is 4.90 Å². The van der Waals surface area contributed by atoms with Crippen molar-refractivity contribution in [2.45, 2.75) is 75.0 Å². The van der Waals surface area contributed by atoms with Gasteiger partial charge in [0.25, 0.3) is 0 Å². The summed E-state index contributed by atoms with van der Waals surface area (Å²) in [4.78, 5) is 2.48. The highest BCUT2D eigenvalue weighted by Gasteiger charge is 2.42. The van der Waals surface area contributed by atoms with Gasteiger partial charge < -0.3 is 4.90 Å². The van der Waals surface area contributed by atoms with Gasteiger partial charge in [0.1, 0.15) is 0 Å². The lowest BCUT2D eigenvalue weighted by Gasteiger charge is -2.46. The van der Waals surface area contributed by atoms with Crippen molar-refractivity contribution in [3.05, 3.63) is 222 Å². The van der Waals surface area contributed by atoms with E-state index in [0.717, 1.165) is 23.2 Å². The molecule has 1 nitrogen and oxygen atoms in total. The average molecular weight is 836 g/mol. The normalized spacial score (nSPS) is 19.2. The molecule has 15 rings (SSSR count). The second kappa shape index (κ2) is 15.9. The summed E-state index contributed by atoms with van der Waals surface area (Å²) in [5.74, 6) is 2.90. The highest BCUT2D eigenvalue weighted by atomic mass is 15.1. The number of benzene rings is 9. The molecule has 0 saturated heterocycles. The predicted octanol–water partition coefficient (Wildman–Crippen LogP) is 18.2. The van der Waals surface area contributed by atoms with Crippen LogP contribution in [0.4, 0.5) is 17.1 Å². The summed E-state index contributed by atoms with van der Waals surface area (Å²) >= 11 is 0. The van der Waals surface area contributed by atoms with Gasteiger partial charge in [0.2, 0.25) is 0 Å². The van der Waals surface area contributed by atoms with Crippen LogP contribution in [-0.2, 0) is 0 Å². The molecule has 0 aliphatic heterocycles. The zero-order chi connectivity index (χ0) is 42.8. The number of rotatable bonds is 8. The quantitative estimate of drug-likeness (QED) is 0.147. The molecule has 2 saturated carbocycles. The molecule has 9 aromatic carbocycles. The number of nitrogens with zero attached hydrogens (tertiary/aromatic N) is 1. The van der Waals surface area contributed by atoms with Crippen molar-refractivity contribution in [2.75, 3.05) is 4.90 Å². The van der Waals surface area contributed by atoms with Gasteiger partial charge in [-0.1, -0.05) is 152 Å². The number of hydrogen-bond acceptors (Lipinski definition) is 1. The van der Waals surface area contributed by atoms with Gasteiger partial charge in [0, 0.05) is 17.1 Å². The number of anilines is 3. The molecule has 0 amide bonds. The van der Waals surface area contributed by atoms with Crippen LogP contribution in [0.2, 0.25) is 0 Å². The summed E-state index contributed by atoms with van der Waals surface area (Å²) in [5.41, 5.74) is 23.2. The maximum atomic E-state index is 2.74. The van der Waals surface area contributed by atoms with E-state index in [9.17, 15) is 0 Å². The Kier molecular flexibility index (Phi) is 9.43. The largest absolute Gasteiger partial charge is 0.310 e. The SMILES string of the molecule is c1ccc(-c2cccc(-c3ccc(N(c4ccc(-c5ccc6ccccc6c5)cc4)c4ccc(-c5c6c(cc7c5C5CCC7CC5)C5CCC6CC5)cc4)cc3-c3ccccc3)c2)cc1. The summed E-state index contributed by atoms with van der Waals surface area (Å²) in [6.45, 7) is 0. The summed E-state index contributed by atoms with van der Waals surface area (Å²) in [6, 6.07) is 75.0. The zero-order valence-electron chi connectivity index (χ0n) is 37.0. The molecule has 0 heterocycles. The van der Waals surface area contributed by atoms with Crippen molar-refractivity contribution in [2.24, 2.45) is 0 Å². The third kappa shape index (κ3) is 6.75. The van der Waals surface area contributed by atoms with Crippen molar-refractivity contribution in [3.63, 3.8) is 0 Å². The lowest BCUT2D eigenvalue weighted by molar-refractivity contribution is 0.342. The molecule has 9 aromatic rings. The molecule has 0 radical (unpaired) electrons. The van der Waals surface area contributed by atoms with E-state index in [1.54, 1.807) is 27.8 Å². The molecular formula is C64H53N. The van der Waals surface area contributed by atoms with E-state index in [1.165, 1.54) is 118 Å². The van der Waals surface area contributed by atoms with Crippen LogP contribution in [0.1, 0.15) is 97.3 Å². The van der Waals surface area contributed by atoms with Crippen LogP contribution in [0.25, 0.3) is 66.4 Å². The Morgan fingerprint density at radius 3 is 1.40 bits per heavy atom. The first-order valence-electron chi connectivity index (χ1n) is 24.3. The maximum Gasteiger partial charge on any atom is 0.0468 e. The molecule has 0 atom stereocenters. The first-order chi connectivity index (χ1) is 32.2. The average Bonchev–Trinajstić information content (AvgIpc) is 3.39. The molecule has 65 heavy (non-hydrogen) atoms. The summed E-state index contributed by atoms with van der Waals surface area (Å²) in [7, 11) is 0. The first-order valence-corrected chi connectivity index (χ1v) is 24.3. The van der Waals surface area contributed by atoms with E-state index in [2.05, 4.69) is 205 Å². The topological polar surface area (TPSA) is 3.24 Å². The predicted molar refractivity (Wildman–Crippen MR) is 274 cm³/mol. The molecule has 0 N–H and O–H groups in total. The van der Waals surface area contributed by atoms with E-state index < -0.39 is 0 Å². The Morgan fingerprint density at radius 2 is 0.754 bits per heavy atom. The fourth-order valence-corrected chi connectivity index (χ4v) is 12.7. The van der Waals surface area contributed by atoms with Gasteiger partial charge in [-0.05, 0) is 212 Å². The van der Waals surface area contributed by atoms with Gasteiger partial charge >= 0.3 is 0 Å². The standard InChI is InChI=1S/C64H53N/c1-3-10-42(11-4-1)52-16-9-17-54(39-52)58-37-36-57(40-59(58)45-13-5-2-6-14-45)65(55-32-28-44(29-33-55)53-27-18-43-12-7-8-15-51(43)38-53)56-34-30-50(31-35-56)64-62-48-23-19-46(20-24-48)60(62)41-61-47-21-25-49(26-22-47)63(61)64/h1-18,27-41,46-49H,19-26H2. The minimum atomic E-state index is 0.705. The highest BCUT2D eigenvalue weighted by Crippen LogP contribution is 2.60. The monoisotopic (exact) mass is 835 g/mol. The van der Waals surface area contributed by atoms with E-state index >= 15 is 0 Å². The molecule has 6 aliphatic rings. The van der Waals surface area contributed by atoms with E-state index in [1.807, 2.05) is 0 Å². The first kappa shape index (κ1) is 38.5. The van der Waals surface area contributed by atoms with Crippen LogP contribution >= 0.6 is 0 Å². The van der Waals surface area contributed by atoms with Gasteiger partial charge in [-0.25, -0.2) is 0 Å². The molecule has 6 aliphatic carbocycles. The van der Waals surface area contributed by atoms with Gasteiger partial charge in [-0.2, -0.15) is 0 Å². The van der Waals surface area contributed by atoms with E-state index in [-0.39, 0.29) is 0 Å². The second-order valence-corrected chi connectivity index (χ2v) is 19.4. The molecule has 0 aromatic heterocycles. The van der Waals surface area contributed by atoms with Crippen LogP contribution in [-0.4, -0.2) is 0 Å². The second-order valence-electron chi connectivity index (χ2n) is 19.4. The molecule has 314 valence electrons. The van der Waals surface area contributed by atoms with Gasteiger partial charge in [0.05, 0.1) is 0 Å². The summed E-state index contributed by atoms with van der Waals surface area (Å²) in [5, 5.41) is 2.53.